The van der Waals surface area contributed by atoms with Crippen LogP contribution < -0.4 is 0 Å². The molecule has 4 atom stereocenters. The van der Waals surface area contributed by atoms with Gasteiger partial charge in [0, 0.05) is 6.04 Å². The Kier molecular flexibility index (Phi) is 6.86. The van der Waals surface area contributed by atoms with E-state index in [1.54, 1.807) is 0 Å². The lowest BCUT2D eigenvalue weighted by atomic mass is 9.57. The van der Waals surface area contributed by atoms with E-state index in [9.17, 15) is 18.6 Å². The van der Waals surface area contributed by atoms with Gasteiger partial charge < -0.3 is 15.1 Å². The Hall–Kier alpha value is -1.15. The maximum atomic E-state index is 10.5. The van der Waals surface area contributed by atoms with Gasteiger partial charge in [-0.3, -0.25) is 4.55 Å². The number of fused-ring (bicyclic) bond motifs is 4. The van der Waals surface area contributed by atoms with Crippen molar-refractivity contribution in [1.82, 2.24) is 4.90 Å². The summed E-state index contributed by atoms with van der Waals surface area (Å²) in [5.74, 6) is 0.912. The molecule has 0 radical (unpaired) electrons. The Morgan fingerprint density at radius 2 is 1.96 bits per heavy atom. The van der Waals surface area contributed by atoms with Crippen molar-refractivity contribution in [1.29, 1.82) is 0 Å². The molecule has 6 nitrogen and oxygen atoms in total. The lowest BCUT2D eigenvalue weighted by Gasteiger charge is -2.55. The zero-order chi connectivity index (χ0) is 21.3. The molecule has 0 aromatic heterocycles. The van der Waals surface area contributed by atoms with Gasteiger partial charge in [-0.2, -0.15) is 8.42 Å². The second-order valence-corrected chi connectivity index (χ2v) is 10.5. The number of phenolic OH excluding ortho intramolecular Hbond substituents is 1. The van der Waals surface area contributed by atoms with Crippen LogP contribution in [0, 0.1) is 5.92 Å². The molecule has 1 heterocycles. The van der Waals surface area contributed by atoms with Crippen molar-refractivity contribution < 1.29 is 23.2 Å². The fourth-order valence-corrected chi connectivity index (χ4v) is 4.78. The minimum Gasteiger partial charge on any atom is -0.508 e. The highest BCUT2D eigenvalue weighted by atomic mass is 32.2. The molecule has 0 amide bonds. The first-order chi connectivity index (χ1) is 12.8. The van der Waals surface area contributed by atoms with E-state index in [0.29, 0.717) is 24.0 Å². The average Bonchev–Trinajstić information content (AvgIpc) is 2.57. The minimum atomic E-state index is -3.67. The first kappa shape index (κ1) is 23.1. The molecule has 0 saturated carbocycles. The molecule has 3 rings (SSSR count). The SMILES string of the molecule is CCC(C)(O)CC[C@@H]1[C@H]2Cc3ccc(O)cc3[C@@]1(C)CCN2C.CS(=O)(=O)O. The summed E-state index contributed by atoms with van der Waals surface area (Å²) in [5.41, 5.74) is 2.26. The number of aliphatic hydroxyl groups is 1. The Morgan fingerprint density at radius 3 is 2.54 bits per heavy atom. The summed E-state index contributed by atoms with van der Waals surface area (Å²) in [4.78, 5) is 2.50. The van der Waals surface area contributed by atoms with Crippen LogP contribution in [0.5, 0.6) is 5.75 Å². The smallest absolute Gasteiger partial charge is 0.261 e. The van der Waals surface area contributed by atoms with E-state index in [4.69, 9.17) is 4.55 Å². The zero-order valence-electron chi connectivity index (χ0n) is 17.6. The van der Waals surface area contributed by atoms with Crippen molar-refractivity contribution in [2.45, 2.75) is 69.9 Å². The number of likely N-dealkylation sites (tertiary alicyclic amines) is 1. The predicted molar refractivity (Wildman–Crippen MR) is 111 cm³/mol. The van der Waals surface area contributed by atoms with Crippen LogP contribution in [0.2, 0.25) is 0 Å². The zero-order valence-corrected chi connectivity index (χ0v) is 18.5. The summed E-state index contributed by atoms with van der Waals surface area (Å²) in [6, 6.07) is 6.45. The molecule has 1 aromatic carbocycles. The van der Waals surface area contributed by atoms with E-state index in [1.807, 2.05) is 19.1 Å². The first-order valence-electron chi connectivity index (χ1n) is 9.94. The van der Waals surface area contributed by atoms with Gasteiger partial charge in [-0.25, -0.2) is 0 Å². The van der Waals surface area contributed by atoms with Crippen LogP contribution in [0.3, 0.4) is 0 Å². The van der Waals surface area contributed by atoms with E-state index < -0.39 is 15.7 Å². The van der Waals surface area contributed by atoms with E-state index in [0.717, 1.165) is 38.6 Å². The topological polar surface area (TPSA) is 98.1 Å². The van der Waals surface area contributed by atoms with Crippen molar-refractivity contribution in [2.75, 3.05) is 19.8 Å². The van der Waals surface area contributed by atoms with Gasteiger partial charge in [-0.05, 0) is 87.2 Å². The quantitative estimate of drug-likeness (QED) is 0.657. The molecule has 7 heteroatoms. The highest BCUT2D eigenvalue weighted by Gasteiger charge is 2.49. The van der Waals surface area contributed by atoms with E-state index >= 15 is 0 Å². The number of hydrogen-bond acceptors (Lipinski definition) is 5. The second kappa shape index (κ2) is 8.30. The molecule has 1 fully saturated rings. The van der Waals surface area contributed by atoms with Gasteiger partial charge in [0.1, 0.15) is 5.75 Å². The van der Waals surface area contributed by atoms with Crippen LogP contribution in [-0.2, 0) is 22.0 Å². The fraction of sp³-hybridized carbons (Fsp3) is 0.714. The van der Waals surface area contributed by atoms with Gasteiger partial charge in [0.25, 0.3) is 10.1 Å². The molecule has 160 valence electrons. The van der Waals surface area contributed by atoms with Crippen LogP contribution in [-0.4, -0.2) is 59.6 Å². The molecule has 1 unspecified atom stereocenters. The molecule has 2 aliphatic rings. The third-order valence-electron chi connectivity index (χ3n) is 6.73. The number of likely N-dealkylation sites (N-methyl/N-ethyl adjacent to an activating group) is 1. The van der Waals surface area contributed by atoms with Crippen molar-refractivity contribution >= 4 is 10.1 Å². The molecule has 3 N–H and O–H groups in total. The summed E-state index contributed by atoms with van der Waals surface area (Å²) in [7, 11) is -1.43. The second-order valence-electron chi connectivity index (χ2n) is 8.99. The van der Waals surface area contributed by atoms with Crippen molar-refractivity contribution in [3.63, 3.8) is 0 Å². The summed E-state index contributed by atoms with van der Waals surface area (Å²) in [5, 5.41) is 20.4. The van der Waals surface area contributed by atoms with Gasteiger partial charge in [0.2, 0.25) is 0 Å². The summed E-state index contributed by atoms with van der Waals surface area (Å²) < 4.78 is 25.9. The summed E-state index contributed by atoms with van der Waals surface area (Å²) in [6.07, 6.45) is 5.58. The predicted octanol–water partition coefficient (Wildman–Crippen LogP) is 2.97. The Morgan fingerprint density at radius 1 is 1.36 bits per heavy atom. The number of hydrogen-bond donors (Lipinski definition) is 3. The van der Waals surface area contributed by atoms with Crippen molar-refractivity contribution in [3.8, 4) is 5.75 Å². The average molecular weight is 414 g/mol. The van der Waals surface area contributed by atoms with Crippen LogP contribution in [0.1, 0.15) is 57.6 Å². The Labute approximate surface area is 169 Å². The minimum absolute atomic E-state index is 0.104. The van der Waals surface area contributed by atoms with E-state index in [-0.39, 0.29) is 5.41 Å². The molecular weight excluding hydrogens is 378 g/mol. The summed E-state index contributed by atoms with van der Waals surface area (Å²) in [6.45, 7) is 7.49. The van der Waals surface area contributed by atoms with Gasteiger partial charge in [0.05, 0.1) is 11.9 Å². The monoisotopic (exact) mass is 413 g/mol. The molecule has 2 bridgehead atoms. The summed E-state index contributed by atoms with van der Waals surface area (Å²) >= 11 is 0. The Bertz CT molecular complexity index is 784. The molecule has 1 aliphatic carbocycles. The van der Waals surface area contributed by atoms with Crippen LogP contribution >= 0.6 is 0 Å². The van der Waals surface area contributed by atoms with Gasteiger partial charge >= 0.3 is 0 Å². The number of aromatic hydroxyl groups is 1. The highest BCUT2D eigenvalue weighted by molar-refractivity contribution is 7.85. The largest absolute Gasteiger partial charge is 0.508 e. The number of piperidine rings is 1. The standard InChI is InChI=1S/C20H31NO2.CH4O3S/c1-5-19(2,23)9-8-16-18-12-14-6-7-15(22)13-17(14)20(16,3)10-11-21(18)4;1-5(2,3)4/h6-7,13,16,18,22-23H,5,8-12H2,1-4H3;1H3,(H,2,3,4)/t16-,18-,19?,20+;/m1./s1. The first-order valence-corrected chi connectivity index (χ1v) is 11.8. The van der Waals surface area contributed by atoms with E-state index in [2.05, 4.69) is 31.9 Å². The normalized spacial score (nSPS) is 29.2. The number of nitrogens with zero attached hydrogens (tertiary/aromatic N) is 1. The van der Waals surface area contributed by atoms with Gasteiger partial charge in [0.15, 0.2) is 0 Å². The third kappa shape index (κ3) is 5.47. The molecule has 1 saturated heterocycles. The molecular formula is C21H35NO5S. The van der Waals surface area contributed by atoms with E-state index in [1.165, 1.54) is 11.1 Å². The fourth-order valence-electron chi connectivity index (χ4n) is 4.78. The lowest BCUT2D eigenvalue weighted by Crippen LogP contribution is -2.57. The molecule has 0 spiro atoms. The van der Waals surface area contributed by atoms with Crippen LogP contribution in [0.25, 0.3) is 0 Å². The lowest BCUT2D eigenvalue weighted by molar-refractivity contribution is -0.000365. The van der Waals surface area contributed by atoms with Gasteiger partial charge in [-0.15, -0.1) is 0 Å². The van der Waals surface area contributed by atoms with Crippen molar-refractivity contribution in [2.24, 2.45) is 5.92 Å². The maximum Gasteiger partial charge on any atom is 0.261 e. The molecule has 1 aliphatic heterocycles. The number of rotatable bonds is 4. The molecule has 28 heavy (non-hydrogen) atoms. The van der Waals surface area contributed by atoms with Gasteiger partial charge in [-0.1, -0.05) is 19.9 Å². The van der Waals surface area contributed by atoms with Crippen LogP contribution in [0.15, 0.2) is 18.2 Å². The number of phenols is 1. The Balaban J connectivity index is 0.000000500. The maximum absolute atomic E-state index is 10.5. The van der Waals surface area contributed by atoms with Crippen LogP contribution in [0.4, 0.5) is 0 Å². The highest BCUT2D eigenvalue weighted by Crippen LogP contribution is 2.51. The molecule has 1 aromatic rings. The third-order valence-corrected chi connectivity index (χ3v) is 6.73. The number of benzene rings is 1. The van der Waals surface area contributed by atoms with Crippen molar-refractivity contribution in [3.05, 3.63) is 29.3 Å².